The van der Waals surface area contributed by atoms with Crippen LogP contribution < -0.4 is 5.32 Å². The van der Waals surface area contributed by atoms with Gasteiger partial charge in [-0.3, -0.25) is 4.79 Å². The first-order valence-electron chi connectivity index (χ1n) is 3.53. The molecule has 0 fully saturated rings. The lowest BCUT2D eigenvalue weighted by molar-refractivity contribution is -0.139. The van der Waals surface area contributed by atoms with E-state index in [-0.39, 0.29) is 0 Å². The van der Waals surface area contributed by atoms with Crippen molar-refractivity contribution in [2.24, 2.45) is 0 Å². The van der Waals surface area contributed by atoms with Gasteiger partial charge in [0.1, 0.15) is 0 Å². The number of esters is 1. The lowest BCUT2D eigenvalue weighted by atomic mass is 10.5. The van der Waals surface area contributed by atoms with Crippen molar-refractivity contribution in [3.8, 4) is 0 Å². The maximum atomic E-state index is 10.5. The van der Waals surface area contributed by atoms with Gasteiger partial charge in [-0.15, -0.1) is 0 Å². The van der Waals surface area contributed by atoms with Gasteiger partial charge in [0.2, 0.25) is 0 Å². The SMILES string of the molecule is [2H]C(NCCC)C(=O)OC. The molecule has 0 spiro atoms. The quantitative estimate of drug-likeness (QED) is 0.554. The molecule has 0 heterocycles. The monoisotopic (exact) mass is 132 g/mol. The molecule has 0 radical (unpaired) electrons. The fraction of sp³-hybridized carbons (Fsp3) is 0.833. The zero-order valence-corrected chi connectivity index (χ0v) is 5.81. The fourth-order valence-electron chi connectivity index (χ4n) is 0.359. The van der Waals surface area contributed by atoms with E-state index in [1.165, 1.54) is 7.11 Å². The normalized spacial score (nSPS) is 14.2. The van der Waals surface area contributed by atoms with Crippen LogP contribution in [0.25, 0.3) is 0 Å². The maximum absolute atomic E-state index is 10.5. The number of carbonyl (C=O) groups is 1. The van der Waals surface area contributed by atoms with Crippen LogP contribution in [-0.4, -0.2) is 26.1 Å². The highest BCUT2D eigenvalue weighted by Gasteiger charge is 1.95. The summed E-state index contributed by atoms with van der Waals surface area (Å²) in [6.45, 7) is 1.71. The number of hydrogen-bond donors (Lipinski definition) is 1. The molecule has 0 aliphatic heterocycles. The zero-order valence-electron chi connectivity index (χ0n) is 6.81. The largest absolute Gasteiger partial charge is 0.468 e. The molecule has 1 N–H and O–H groups in total. The molecule has 0 saturated carbocycles. The second-order valence-corrected chi connectivity index (χ2v) is 1.62. The molecular weight excluding hydrogens is 118 g/mol. The Morgan fingerprint density at radius 1 is 1.89 bits per heavy atom. The average Bonchev–Trinajstić information content (AvgIpc) is 1.98. The van der Waals surface area contributed by atoms with E-state index in [1.807, 2.05) is 6.92 Å². The number of carbonyl (C=O) groups excluding carboxylic acids is 1. The lowest BCUT2D eigenvalue weighted by Crippen LogP contribution is -2.24. The molecule has 0 rings (SSSR count). The molecule has 0 saturated heterocycles. The molecule has 0 aromatic rings. The van der Waals surface area contributed by atoms with Gasteiger partial charge < -0.3 is 10.1 Å². The standard InChI is InChI=1S/C6H13NO2/c1-3-4-7-5-6(8)9-2/h7H,3-5H2,1-2H3/i5D. The Morgan fingerprint density at radius 2 is 2.56 bits per heavy atom. The van der Waals surface area contributed by atoms with E-state index < -0.39 is 12.5 Å². The van der Waals surface area contributed by atoms with E-state index in [4.69, 9.17) is 1.37 Å². The van der Waals surface area contributed by atoms with Crippen molar-refractivity contribution in [1.29, 1.82) is 0 Å². The van der Waals surface area contributed by atoms with Gasteiger partial charge in [-0.25, -0.2) is 0 Å². The first-order chi connectivity index (χ1) is 4.72. The first kappa shape index (κ1) is 6.55. The van der Waals surface area contributed by atoms with E-state index in [0.29, 0.717) is 6.54 Å². The Morgan fingerprint density at radius 3 is 3.00 bits per heavy atom. The summed E-state index contributed by atoms with van der Waals surface area (Å²) in [5.41, 5.74) is 0. The van der Waals surface area contributed by atoms with Gasteiger partial charge in [-0.1, -0.05) is 6.92 Å². The van der Waals surface area contributed by atoms with Crippen LogP contribution in [0.15, 0.2) is 0 Å². The third kappa shape index (κ3) is 5.30. The molecule has 3 nitrogen and oxygen atoms in total. The molecule has 3 heteroatoms. The maximum Gasteiger partial charge on any atom is 0.319 e. The number of nitrogens with one attached hydrogen (secondary N) is 1. The van der Waals surface area contributed by atoms with Crippen LogP contribution in [0.3, 0.4) is 0 Å². The van der Waals surface area contributed by atoms with Crippen molar-refractivity contribution in [2.75, 3.05) is 20.2 Å². The highest BCUT2D eigenvalue weighted by atomic mass is 16.5. The van der Waals surface area contributed by atoms with Crippen molar-refractivity contribution in [3.05, 3.63) is 0 Å². The Bertz CT molecular complexity index is 108. The number of ether oxygens (including phenoxy) is 1. The topological polar surface area (TPSA) is 38.3 Å². The van der Waals surface area contributed by atoms with E-state index in [9.17, 15) is 4.79 Å². The summed E-state index contributed by atoms with van der Waals surface area (Å²) in [7, 11) is 1.28. The van der Waals surface area contributed by atoms with Crippen LogP contribution in [0.2, 0.25) is 0 Å². The molecule has 54 valence electrons. The fourth-order valence-corrected chi connectivity index (χ4v) is 0.359. The highest BCUT2D eigenvalue weighted by molar-refractivity contribution is 5.71. The molecule has 1 unspecified atom stereocenters. The summed E-state index contributed by atoms with van der Waals surface area (Å²) < 4.78 is 11.4. The third-order valence-electron chi connectivity index (χ3n) is 0.815. The van der Waals surface area contributed by atoms with E-state index in [2.05, 4.69) is 10.1 Å². The second kappa shape index (κ2) is 5.56. The van der Waals surface area contributed by atoms with Crippen LogP contribution in [0.1, 0.15) is 14.7 Å². The van der Waals surface area contributed by atoms with E-state index >= 15 is 0 Å². The van der Waals surface area contributed by atoms with Crippen LogP contribution in [0, 0.1) is 0 Å². The number of methoxy groups -OCH3 is 1. The van der Waals surface area contributed by atoms with Crippen LogP contribution >= 0.6 is 0 Å². The minimum absolute atomic E-state index is 0.534. The Balaban J connectivity index is 3.41. The molecule has 0 aromatic heterocycles. The minimum atomic E-state index is -0.926. The van der Waals surface area contributed by atoms with Crippen molar-refractivity contribution < 1.29 is 10.9 Å². The molecule has 0 amide bonds. The summed E-state index contributed by atoms with van der Waals surface area (Å²) in [5, 5.41) is 2.68. The van der Waals surface area contributed by atoms with Gasteiger partial charge >= 0.3 is 5.97 Å². The van der Waals surface area contributed by atoms with Crippen molar-refractivity contribution in [2.45, 2.75) is 13.3 Å². The van der Waals surface area contributed by atoms with Gasteiger partial charge in [0.25, 0.3) is 0 Å². The van der Waals surface area contributed by atoms with E-state index in [0.717, 1.165) is 6.42 Å². The van der Waals surface area contributed by atoms with Gasteiger partial charge in [-0.2, -0.15) is 0 Å². The molecular formula is C6H13NO2. The molecule has 0 bridgehead atoms. The zero-order chi connectivity index (χ0) is 7.98. The number of rotatable bonds is 4. The Labute approximate surface area is 56.8 Å². The minimum Gasteiger partial charge on any atom is -0.468 e. The highest BCUT2D eigenvalue weighted by Crippen LogP contribution is 1.71. The lowest BCUT2D eigenvalue weighted by Gasteiger charge is -1.98. The molecule has 0 aliphatic rings. The second-order valence-electron chi connectivity index (χ2n) is 1.62. The Kier molecular flexibility index (Phi) is 4.05. The summed E-state index contributed by atoms with van der Waals surface area (Å²) in [6, 6.07) is 0. The average molecular weight is 132 g/mol. The summed E-state index contributed by atoms with van der Waals surface area (Å²) in [5.74, 6) is -0.534. The van der Waals surface area contributed by atoms with Gasteiger partial charge in [-0.05, 0) is 13.0 Å². The Hall–Kier alpha value is -0.570. The summed E-state index contributed by atoms with van der Waals surface area (Å²) in [4.78, 5) is 10.5. The van der Waals surface area contributed by atoms with Gasteiger partial charge in [0, 0.05) is 0 Å². The first-order valence-corrected chi connectivity index (χ1v) is 2.95. The smallest absolute Gasteiger partial charge is 0.319 e. The predicted octanol–water partition coefficient (Wildman–Crippen LogP) is 0.159. The number of hydrogen-bond acceptors (Lipinski definition) is 3. The molecule has 0 aliphatic carbocycles. The molecule has 0 aromatic carbocycles. The molecule has 9 heavy (non-hydrogen) atoms. The van der Waals surface area contributed by atoms with Crippen molar-refractivity contribution in [3.63, 3.8) is 0 Å². The van der Waals surface area contributed by atoms with Crippen molar-refractivity contribution in [1.82, 2.24) is 5.32 Å². The van der Waals surface area contributed by atoms with Gasteiger partial charge in [0.15, 0.2) is 0 Å². The predicted molar refractivity (Wildman–Crippen MR) is 35.2 cm³/mol. The van der Waals surface area contributed by atoms with Crippen LogP contribution in [0.4, 0.5) is 0 Å². The molecule has 1 atom stereocenters. The van der Waals surface area contributed by atoms with Crippen molar-refractivity contribution >= 4 is 5.97 Å². The van der Waals surface area contributed by atoms with Crippen LogP contribution in [0.5, 0.6) is 0 Å². The summed E-state index contributed by atoms with van der Waals surface area (Å²) in [6.07, 6.45) is 0.909. The van der Waals surface area contributed by atoms with E-state index in [1.54, 1.807) is 0 Å². The summed E-state index contributed by atoms with van der Waals surface area (Å²) >= 11 is 0. The van der Waals surface area contributed by atoms with Gasteiger partial charge in [0.05, 0.1) is 15.0 Å². The third-order valence-corrected chi connectivity index (χ3v) is 0.815. The van der Waals surface area contributed by atoms with Crippen LogP contribution in [-0.2, 0) is 9.53 Å².